The van der Waals surface area contributed by atoms with Crippen molar-refractivity contribution in [1.29, 1.82) is 0 Å². The zero-order valence-corrected chi connectivity index (χ0v) is 9.39. The minimum absolute atomic E-state index is 0.0808. The number of rotatable bonds is 4. The summed E-state index contributed by atoms with van der Waals surface area (Å²) in [6.07, 6.45) is 3.30. The summed E-state index contributed by atoms with van der Waals surface area (Å²) in [4.78, 5) is 21.2. The molecule has 1 aliphatic rings. The van der Waals surface area contributed by atoms with Crippen LogP contribution in [0.3, 0.4) is 0 Å². The summed E-state index contributed by atoms with van der Waals surface area (Å²) < 4.78 is 5.25. The molecule has 17 heavy (non-hydrogen) atoms. The number of benzene rings is 1. The van der Waals surface area contributed by atoms with E-state index in [2.05, 4.69) is 0 Å². The maximum atomic E-state index is 10.8. The van der Waals surface area contributed by atoms with Gasteiger partial charge in [-0.05, 0) is 36.5 Å². The van der Waals surface area contributed by atoms with E-state index in [0.29, 0.717) is 5.75 Å². The van der Waals surface area contributed by atoms with Crippen LogP contribution in [0.4, 0.5) is 0 Å². The number of carboxylic acid groups (broad SMARTS) is 1. The van der Waals surface area contributed by atoms with Crippen LogP contribution in [0, 0.1) is 5.92 Å². The second-order valence-electron chi connectivity index (χ2n) is 4.22. The average Bonchev–Trinajstić information content (AvgIpc) is 2.35. The van der Waals surface area contributed by atoms with Crippen molar-refractivity contribution in [2.24, 2.45) is 5.92 Å². The fourth-order valence-corrected chi connectivity index (χ4v) is 2.19. The first kappa shape index (κ1) is 11.6. The van der Waals surface area contributed by atoms with E-state index in [-0.39, 0.29) is 12.5 Å². The van der Waals surface area contributed by atoms with E-state index in [0.717, 1.165) is 36.7 Å². The van der Waals surface area contributed by atoms with Gasteiger partial charge in [0, 0.05) is 5.92 Å². The van der Waals surface area contributed by atoms with Gasteiger partial charge in [0.2, 0.25) is 0 Å². The average molecular weight is 234 g/mol. The first-order valence-corrected chi connectivity index (χ1v) is 5.61. The highest BCUT2D eigenvalue weighted by Crippen LogP contribution is 2.31. The standard InChI is InChI=1S/C13H14O4/c14-7-9-4-5-11-10(6-9)2-1-3-12(11)17-8-13(15)16/h1-3,7,9H,4-6,8H2,(H,15,16). The van der Waals surface area contributed by atoms with Gasteiger partial charge in [-0.15, -0.1) is 0 Å². The molecule has 1 unspecified atom stereocenters. The molecule has 1 aromatic rings. The van der Waals surface area contributed by atoms with Crippen molar-refractivity contribution in [2.45, 2.75) is 19.3 Å². The molecule has 1 atom stereocenters. The molecule has 0 radical (unpaired) electrons. The maximum absolute atomic E-state index is 10.8. The van der Waals surface area contributed by atoms with Crippen molar-refractivity contribution in [3.63, 3.8) is 0 Å². The SMILES string of the molecule is O=CC1CCc2c(cccc2OCC(=O)O)C1. The fourth-order valence-electron chi connectivity index (χ4n) is 2.19. The highest BCUT2D eigenvalue weighted by molar-refractivity contribution is 5.68. The number of aliphatic carboxylic acids is 1. The molecule has 0 heterocycles. The van der Waals surface area contributed by atoms with E-state index < -0.39 is 5.97 Å². The van der Waals surface area contributed by atoms with Gasteiger partial charge in [0.25, 0.3) is 0 Å². The molecule has 0 amide bonds. The Hall–Kier alpha value is -1.84. The predicted molar refractivity (Wildman–Crippen MR) is 61.2 cm³/mol. The highest BCUT2D eigenvalue weighted by Gasteiger charge is 2.20. The van der Waals surface area contributed by atoms with Crippen LogP contribution in [0.1, 0.15) is 17.5 Å². The first-order valence-electron chi connectivity index (χ1n) is 5.61. The van der Waals surface area contributed by atoms with E-state index in [4.69, 9.17) is 9.84 Å². The summed E-state index contributed by atoms with van der Waals surface area (Å²) in [7, 11) is 0. The summed E-state index contributed by atoms with van der Waals surface area (Å²) in [6, 6.07) is 5.59. The Morgan fingerprint density at radius 2 is 2.35 bits per heavy atom. The topological polar surface area (TPSA) is 63.6 Å². The number of carbonyl (C=O) groups excluding carboxylic acids is 1. The second-order valence-corrected chi connectivity index (χ2v) is 4.22. The molecular formula is C13H14O4. The Morgan fingerprint density at radius 3 is 3.06 bits per heavy atom. The molecule has 2 rings (SSSR count). The number of hydrogen-bond acceptors (Lipinski definition) is 3. The number of fused-ring (bicyclic) bond motifs is 1. The molecule has 1 aliphatic carbocycles. The van der Waals surface area contributed by atoms with E-state index in [1.54, 1.807) is 6.07 Å². The molecular weight excluding hydrogens is 220 g/mol. The molecule has 0 fully saturated rings. The van der Waals surface area contributed by atoms with Crippen LogP contribution in [-0.4, -0.2) is 24.0 Å². The molecule has 0 saturated heterocycles. The summed E-state index contributed by atoms with van der Waals surface area (Å²) in [5, 5.41) is 8.59. The Balaban J connectivity index is 2.19. The molecule has 0 aliphatic heterocycles. The van der Waals surface area contributed by atoms with Crippen LogP contribution >= 0.6 is 0 Å². The van der Waals surface area contributed by atoms with E-state index in [9.17, 15) is 9.59 Å². The fraction of sp³-hybridized carbons (Fsp3) is 0.385. The third-order valence-corrected chi connectivity index (χ3v) is 3.02. The van der Waals surface area contributed by atoms with Gasteiger partial charge in [-0.1, -0.05) is 12.1 Å². The minimum atomic E-state index is -0.982. The first-order chi connectivity index (χ1) is 8.20. The Kier molecular flexibility index (Phi) is 3.42. The Morgan fingerprint density at radius 1 is 1.53 bits per heavy atom. The van der Waals surface area contributed by atoms with Gasteiger partial charge in [-0.3, -0.25) is 0 Å². The van der Waals surface area contributed by atoms with Gasteiger partial charge in [-0.25, -0.2) is 4.79 Å². The predicted octanol–water partition coefficient (Wildman–Crippen LogP) is 1.45. The van der Waals surface area contributed by atoms with Crippen molar-refractivity contribution in [3.05, 3.63) is 29.3 Å². The van der Waals surface area contributed by atoms with E-state index in [1.807, 2.05) is 12.1 Å². The third-order valence-electron chi connectivity index (χ3n) is 3.02. The number of carbonyl (C=O) groups is 2. The minimum Gasteiger partial charge on any atom is -0.482 e. The molecule has 1 aromatic carbocycles. The molecule has 4 heteroatoms. The largest absolute Gasteiger partial charge is 0.482 e. The zero-order chi connectivity index (χ0) is 12.3. The summed E-state index contributed by atoms with van der Waals surface area (Å²) in [5.41, 5.74) is 2.14. The van der Waals surface area contributed by atoms with E-state index in [1.165, 1.54) is 0 Å². The molecule has 0 spiro atoms. The monoisotopic (exact) mass is 234 g/mol. The molecule has 0 bridgehead atoms. The lowest BCUT2D eigenvalue weighted by atomic mass is 9.84. The van der Waals surface area contributed by atoms with Crippen molar-refractivity contribution >= 4 is 12.3 Å². The number of hydrogen-bond donors (Lipinski definition) is 1. The molecule has 0 aromatic heterocycles. The van der Waals surface area contributed by atoms with Crippen LogP contribution in [0.15, 0.2) is 18.2 Å². The lowest BCUT2D eigenvalue weighted by Crippen LogP contribution is -2.17. The van der Waals surface area contributed by atoms with Crippen molar-refractivity contribution in [2.75, 3.05) is 6.61 Å². The van der Waals surface area contributed by atoms with Crippen LogP contribution in [0.5, 0.6) is 5.75 Å². The summed E-state index contributed by atoms with van der Waals surface area (Å²) in [6.45, 7) is -0.326. The van der Waals surface area contributed by atoms with Gasteiger partial charge < -0.3 is 14.6 Å². The zero-order valence-electron chi connectivity index (χ0n) is 9.39. The smallest absolute Gasteiger partial charge is 0.341 e. The number of aldehydes is 1. The van der Waals surface area contributed by atoms with Crippen LogP contribution in [0.25, 0.3) is 0 Å². The van der Waals surface area contributed by atoms with E-state index >= 15 is 0 Å². The van der Waals surface area contributed by atoms with Gasteiger partial charge in [0.15, 0.2) is 6.61 Å². The number of carboxylic acids is 1. The highest BCUT2D eigenvalue weighted by atomic mass is 16.5. The Bertz CT molecular complexity index is 439. The lowest BCUT2D eigenvalue weighted by molar-refractivity contribution is -0.139. The van der Waals surface area contributed by atoms with Crippen molar-refractivity contribution in [1.82, 2.24) is 0 Å². The summed E-state index contributed by atoms with van der Waals surface area (Å²) >= 11 is 0. The summed E-state index contributed by atoms with van der Waals surface area (Å²) in [5.74, 6) is -0.268. The normalized spacial score (nSPS) is 18.2. The maximum Gasteiger partial charge on any atom is 0.341 e. The van der Waals surface area contributed by atoms with Crippen molar-refractivity contribution in [3.8, 4) is 5.75 Å². The molecule has 4 nitrogen and oxygen atoms in total. The lowest BCUT2D eigenvalue weighted by Gasteiger charge is -2.22. The van der Waals surface area contributed by atoms with Gasteiger partial charge in [0.1, 0.15) is 12.0 Å². The molecule has 0 saturated carbocycles. The number of ether oxygens (including phenoxy) is 1. The Labute approximate surface area is 99.2 Å². The van der Waals surface area contributed by atoms with Gasteiger partial charge in [-0.2, -0.15) is 0 Å². The van der Waals surface area contributed by atoms with Crippen molar-refractivity contribution < 1.29 is 19.4 Å². The molecule has 1 N–H and O–H groups in total. The molecule has 90 valence electrons. The second kappa shape index (κ2) is 4.99. The quantitative estimate of drug-likeness (QED) is 0.801. The van der Waals surface area contributed by atoms with Crippen LogP contribution in [-0.2, 0) is 22.4 Å². The third kappa shape index (κ3) is 2.64. The van der Waals surface area contributed by atoms with Gasteiger partial charge in [0.05, 0.1) is 0 Å². The van der Waals surface area contributed by atoms with Crippen LogP contribution < -0.4 is 4.74 Å². The van der Waals surface area contributed by atoms with Gasteiger partial charge >= 0.3 is 5.97 Å². The van der Waals surface area contributed by atoms with Crippen LogP contribution in [0.2, 0.25) is 0 Å².